The predicted molar refractivity (Wildman–Crippen MR) is 62.9 cm³/mol. The van der Waals surface area contributed by atoms with E-state index in [1.54, 1.807) is 18.8 Å². The molecule has 1 aromatic heterocycles. The van der Waals surface area contributed by atoms with Crippen molar-refractivity contribution in [3.63, 3.8) is 0 Å². The molecular formula is C9H16N4OS. The summed E-state index contributed by atoms with van der Waals surface area (Å²) in [5, 5.41) is 6.78. The molecule has 0 bridgehead atoms. The van der Waals surface area contributed by atoms with E-state index < -0.39 is 0 Å². The van der Waals surface area contributed by atoms with Crippen LogP contribution >= 0.6 is 11.8 Å². The summed E-state index contributed by atoms with van der Waals surface area (Å²) >= 11 is 1.69. The number of nitrogens with two attached hydrogens (primary N) is 1. The van der Waals surface area contributed by atoms with Crippen LogP contribution in [0.3, 0.4) is 0 Å². The topological polar surface area (TPSA) is 72.9 Å². The highest BCUT2D eigenvalue weighted by molar-refractivity contribution is 7.98. The lowest BCUT2D eigenvalue weighted by molar-refractivity contribution is 0.0935. The Morgan fingerprint density at radius 2 is 2.47 bits per heavy atom. The van der Waals surface area contributed by atoms with Crippen LogP contribution in [0.15, 0.2) is 6.20 Å². The normalized spacial score (nSPS) is 12.5. The Bertz CT molecular complexity index is 330. The third-order valence-electron chi connectivity index (χ3n) is 1.98. The second-order valence-electron chi connectivity index (χ2n) is 3.40. The molecule has 3 N–H and O–H groups in total. The number of aromatic nitrogens is 2. The fraction of sp³-hybridized carbons (Fsp3) is 0.556. The standard InChI is InChI=1S/C9H16N4OS/c1-6(5-15-3)12-9(14)8-7(10)4-11-13(8)2/h4,6H,5,10H2,1-3H3,(H,12,14). The number of carbonyl (C=O) groups is 1. The van der Waals surface area contributed by atoms with Crippen molar-refractivity contribution in [3.8, 4) is 0 Å². The van der Waals surface area contributed by atoms with E-state index in [9.17, 15) is 4.79 Å². The molecule has 0 spiro atoms. The minimum Gasteiger partial charge on any atom is -0.396 e. The first kappa shape index (κ1) is 11.9. The van der Waals surface area contributed by atoms with Gasteiger partial charge in [-0.05, 0) is 13.2 Å². The molecule has 0 aromatic carbocycles. The van der Waals surface area contributed by atoms with Gasteiger partial charge < -0.3 is 11.1 Å². The maximum absolute atomic E-state index is 11.8. The van der Waals surface area contributed by atoms with Gasteiger partial charge in [-0.1, -0.05) is 0 Å². The summed E-state index contributed by atoms with van der Waals surface area (Å²) in [6, 6.07) is 0.127. The average molecular weight is 228 g/mol. The van der Waals surface area contributed by atoms with Gasteiger partial charge in [-0.3, -0.25) is 9.48 Å². The van der Waals surface area contributed by atoms with Crippen LogP contribution in [0, 0.1) is 0 Å². The molecule has 1 rings (SSSR count). The summed E-state index contributed by atoms with van der Waals surface area (Å²) in [5.74, 6) is 0.706. The number of rotatable bonds is 4. The quantitative estimate of drug-likeness (QED) is 0.786. The van der Waals surface area contributed by atoms with Gasteiger partial charge in [-0.2, -0.15) is 16.9 Å². The van der Waals surface area contributed by atoms with Crippen molar-refractivity contribution in [2.75, 3.05) is 17.7 Å². The summed E-state index contributed by atoms with van der Waals surface area (Å²) in [4.78, 5) is 11.8. The zero-order chi connectivity index (χ0) is 11.4. The molecule has 6 heteroatoms. The number of amides is 1. The first-order chi connectivity index (χ1) is 7.06. The van der Waals surface area contributed by atoms with E-state index in [0.29, 0.717) is 11.4 Å². The molecule has 1 heterocycles. The number of hydrogen-bond donors (Lipinski definition) is 2. The average Bonchev–Trinajstić information content (AvgIpc) is 2.46. The van der Waals surface area contributed by atoms with Crippen molar-refractivity contribution >= 4 is 23.4 Å². The number of anilines is 1. The Kier molecular flexibility index (Phi) is 4.02. The third-order valence-corrected chi connectivity index (χ3v) is 2.81. The van der Waals surface area contributed by atoms with Crippen LogP contribution in [0.4, 0.5) is 5.69 Å². The highest BCUT2D eigenvalue weighted by Crippen LogP contribution is 2.09. The van der Waals surface area contributed by atoms with E-state index in [1.807, 2.05) is 13.2 Å². The third kappa shape index (κ3) is 2.89. The smallest absolute Gasteiger partial charge is 0.271 e. The van der Waals surface area contributed by atoms with E-state index >= 15 is 0 Å². The zero-order valence-corrected chi connectivity index (χ0v) is 9.97. The Hall–Kier alpha value is -1.17. The Morgan fingerprint density at radius 1 is 1.80 bits per heavy atom. The van der Waals surface area contributed by atoms with E-state index in [4.69, 9.17) is 5.73 Å². The summed E-state index contributed by atoms with van der Waals surface area (Å²) in [6.07, 6.45) is 3.48. The van der Waals surface area contributed by atoms with Crippen molar-refractivity contribution in [2.24, 2.45) is 7.05 Å². The van der Waals surface area contributed by atoms with Gasteiger partial charge in [-0.25, -0.2) is 0 Å². The van der Waals surface area contributed by atoms with Gasteiger partial charge in [0.1, 0.15) is 5.69 Å². The molecule has 0 fully saturated rings. The van der Waals surface area contributed by atoms with Crippen LogP contribution < -0.4 is 11.1 Å². The van der Waals surface area contributed by atoms with E-state index in [2.05, 4.69) is 10.4 Å². The first-order valence-corrected chi connectivity index (χ1v) is 6.03. The molecule has 0 radical (unpaired) electrons. The fourth-order valence-corrected chi connectivity index (χ4v) is 1.90. The minimum absolute atomic E-state index is 0.127. The molecule has 0 saturated carbocycles. The number of nitrogens with one attached hydrogen (secondary N) is 1. The van der Waals surface area contributed by atoms with Crippen LogP contribution in [0.1, 0.15) is 17.4 Å². The van der Waals surface area contributed by atoms with Gasteiger partial charge in [0.15, 0.2) is 0 Å². The van der Waals surface area contributed by atoms with Crippen molar-refractivity contribution in [2.45, 2.75) is 13.0 Å². The maximum Gasteiger partial charge on any atom is 0.271 e. The molecule has 1 atom stereocenters. The minimum atomic E-state index is -0.172. The second kappa shape index (κ2) is 5.06. The zero-order valence-electron chi connectivity index (χ0n) is 9.15. The molecular weight excluding hydrogens is 212 g/mol. The van der Waals surface area contributed by atoms with E-state index in [0.717, 1.165) is 5.75 Å². The summed E-state index contributed by atoms with van der Waals surface area (Å²) in [7, 11) is 1.70. The van der Waals surface area contributed by atoms with Crippen LogP contribution in [0.5, 0.6) is 0 Å². The van der Waals surface area contributed by atoms with Gasteiger partial charge in [0.2, 0.25) is 0 Å². The summed E-state index contributed by atoms with van der Waals surface area (Å²) in [5.41, 5.74) is 6.47. The molecule has 84 valence electrons. The van der Waals surface area contributed by atoms with Crippen molar-refractivity contribution < 1.29 is 4.79 Å². The van der Waals surface area contributed by atoms with Crippen molar-refractivity contribution in [3.05, 3.63) is 11.9 Å². The van der Waals surface area contributed by atoms with Crippen molar-refractivity contribution in [1.82, 2.24) is 15.1 Å². The number of thioether (sulfide) groups is 1. The van der Waals surface area contributed by atoms with Crippen molar-refractivity contribution in [1.29, 1.82) is 0 Å². The van der Waals surface area contributed by atoms with E-state index in [1.165, 1.54) is 10.9 Å². The Morgan fingerprint density at radius 3 is 2.93 bits per heavy atom. The highest BCUT2D eigenvalue weighted by Gasteiger charge is 2.16. The van der Waals surface area contributed by atoms with Crippen LogP contribution in [0.25, 0.3) is 0 Å². The fourth-order valence-electron chi connectivity index (χ4n) is 1.32. The van der Waals surface area contributed by atoms with Gasteiger partial charge >= 0.3 is 0 Å². The molecule has 0 aliphatic carbocycles. The van der Waals surface area contributed by atoms with Gasteiger partial charge in [0.25, 0.3) is 5.91 Å². The molecule has 0 aliphatic rings. The Balaban J connectivity index is 2.69. The first-order valence-electron chi connectivity index (χ1n) is 4.63. The molecule has 0 saturated heterocycles. The van der Waals surface area contributed by atoms with Gasteiger partial charge in [-0.15, -0.1) is 0 Å². The molecule has 1 unspecified atom stereocenters. The molecule has 1 amide bonds. The van der Waals surface area contributed by atoms with Crippen LogP contribution in [0.2, 0.25) is 0 Å². The molecule has 0 aliphatic heterocycles. The lowest BCUT2D eigenvalue weighted by atomic mass is 10.3. The summed E-state index contributed by atoms with van der Waals surface area (Å²) < 4.78 is 1.48. The highest BCUT2D eigenvalue weighted by atomic mass is 32.2. The van der Waals surface area contributed by atoms with Crippen LogP contribution in [-0.2, 0) is 7.05 Å². The van der Waals surface area contributed by atoms with E-state index in [-0.39, 0.29) is 11.9 Å². The number of aryl methyl sites for hydroxylation is 1. The number of nitrogen functional groups attached to an aromatic ring is 1. The van der Waals surface area contributed by atoms with Gasteiger partial charge in [0.05, 0.1) is 11.9 Å². The molecule has 15 heavy (non-hydrogen) atoms. The monoisotopic (exact) mass is 228 g/mol. The second-order valence-corrected chi connectivity index (χ2v) is 4.31. The molecule has 1 aromatic rings. The number of nitrogens with zero attached hydrogens (tertiary/aromatic N) is 2. The largest absolute Gasteiger partial charge is 0.396 e. The van der Waals surface area contributed by atoms with Crippen LogP contribution in [-0.4, -0.2) is 33.7 Å². The summed E-state index contributed by atoms with van der Waals surface area (Å²) in [6.45, 7) is 1.96. The lowest BCUT2D eigenvalue weighted by Crippen LogP contribution is -2.35. The maximum atomic E-state index is 11.8. The lowest BCUT2D eigenvalue weighted by Gasteiger charge is -2.12. The van der Waals surface area contributed by atoms with Gasteiger partial charge in [0, 0.05) is 18.8 Å². The molecule has 5 nitrogen and oxygen atoms in total. The Labute approximate surface area is 93.4 Å². The number of hydrogen-bond acceptors (Lipinski definition) is 4. The number of carbonyl (C=O) groups excluding carboxylic acids is 1. The SMILES string of the molecule is CSCC(C)NC(=O)c1c(N)cnn1C. The predicted octanol–water partition coefficient (Wildman–Crippen LogP) is 0.484.